The quantitative estimate of drug-likeness (QED) is 0.251. The van der Waals surface area contributed by atoms with Gasteiger partial charge in [-0.1, -0.05) is 60.7 Å². The van der Waals surface area contributed by atoms with Crippen molar-refractivity contribution >= 4 is 29.9 Å². The lowest BCUT2D eigenvalue weighted by Gasteiger charge is -2.21. The van der Waals surface area contributed by atoms with Crippen molar-refractivity contribution in [2.75, 3.05) is 7.11 Å². The second-order valence-electron chi connectivity index (χ2n) is 7.28. The van der Waals surface area contributed by atoms with Crippen LogP contribution in [0.25, 0.3) is 12.2 Å². The second kappa shape index (κ2) is 8.89. The number of hydrogen-bond acceptors (Lipinski definition) is 5. The molecule has 0 N–H and O–H groups in total. The van der Waals surface area contributed by atoms with E-state index < -0.39 is 23.8 Å². The first-order chi connectivity index (χ1) is 15.5. The Kier molecular flexibility index (Phi) is 5.85. The molecule has 0 aliphatic carbocycles. The number of hydrogen-bond donors (Lipinski definition) is 0. The molecule has 0 fully saturated rings. The number of ether oxygens (including phenoxy) is 2. The first kappa shape index (κ1) is 21.1. The van der Waals surface area contributed by atoms with Gasteiger partial charge in [-0.3, -0.25) is 14.5 Å². The molecular weight excluding hydrogens is 406 g/mol. The lowest BCUT2D eigenvalue weighted by atomic mass is 10.1. The Labute approximate surface area is 185 Å². The Morgan fingerprint density at radius 2 is 1.41 bits per heavy atom. The van der Waals surface area contributed by atoms with Crippen LogP contribution in [0.15, 0.2) is 72.8 Å². The van der Waals surface area contributed by atoms with Gasteiger partial charge in [0.25, 0.3) is 11.8 Å². The summed E-state index contributed by atoms with van der Waals surface area (Å²) >= 11 is 0. The van der Waals surface area contributed by atoms with Crippen LogP contribution in [0.2, 0.25) is 0 Å². The third-order valence-corrected chi connectivity index (χ3v) is 5.22. The number of rotatable bonds is 6. The lowest BCUT2D eigenvalue weighted by molar-refractivity contribution is -0.138. The molecule has 3 aromatic carbocycles. The molecule has 32 heavy (non-hydrogen) atoms. The van der Waals surface area contributed by atoms with Gasteiger partial charge in [-0.25, -0.2) is 4.79 Å². The highest BCUT2D eigenvalue weighted by Gasteiger charge is 2.41. The standard InChI is InChI=1S/C26H21NO5/c1-17(27-24(28)20-10-6-7-11-21(20)25(27)29)26(30)32-22-15-14-19(16-23(22)31-2)13-12-18-8-4-3-5-9-18/h3-17H,1-2H3/b13-12+. The maximum absolute atomic E-state index is 12.8. The van der Waals surface area contributed by atoms with Gasteiger partial charge in [0.1, 0.15) is 6.04 Å². The number of esters is 1. The number of amides is 2. The van der Waals surface area contributed by atoms with Gasteiger partial charge in [-0.15, -0.1) is 0 Å². The number of imide groups is 1. The van der Waals surface area contributed by atoms with E-state index in [0.717, 1.165) is 16.0 Å². The fourth-order valence-corrected chi connectivity index (χ4v) is 3.49. The average molecular weight is 427 g/mol. The van der Waals surface area contributed by atoms with Crippen molar-refractivity contribution in [3.63, 3.8) is 0 Å². The van der Waals surface area contributed by atoms with E-state index in [2.05, 4.69) is 0 Å². The fourth-order valence-electron chi connectivity index (χ4n) is 3.49. The molecule has 0 spiro atoms. The number of nitrogens with zero attached hydrogens (tertiary/aromatic N) is 1. The van der Waals surface area contributed by atoms with Crippen LogP contribution in [0, 0.1) is 0 Å². The summed E-state index contributed by atoms with van der Waals surface area (Å²) in [4.78, 5) is 38.9. The van der Waals surface area contributed by atoms with Crippen LogP contribution < -0.4 is 9.47 Å². The third kappa shape index (κ3) is 4.03. The number of carbonyl (C=O) groups is 3. The summed E-state index contributed by atoms with van der Waals surface area (Å²) < 4.78 is 10.9. The molecule has 0 radical (unpaired) electrons. The van der Waals surface area contributed by atoms with Crippen LogP contribution in [0.4, 0.5) is 0 Å². The van der Waals surface area contributed by atoms with Crippen LogP contribution in [0.3, 0.4) is 0 Å². The first-order valence-corrected chi connectivity index (χ1v) is 10.1. The molecular formula is C26H21NO5. The molecule has 0 bridgehead atoms. The highest BCUT2D eigenvalue weighted by Crippen LogP contribution is 2.30. The lowest BCUT2D eigenvalue weighted by Crippen LogP contribution is -2.44. The average Bonchev–Trinajstić information content (AvgIpc) is 3.08. The predicted octanol–water partition coefficient (Wildman–Crippen LogP) is 4.46. The minimum Gasteiger partial charge on any atom is -0.493 e. The molecule has 4 rings (SSSR count). The van der Waals surface area contributed by atoms with Crippen molar-refractivity contribution in [3.8, 4) is 11.5 Å². The Balaban J connectivity index is 1.50. The van der Waals surface area contributed by atoms with Gasteiger partial charge in [0.15, 0.2) is 11.5 Å². The zero-order valence-corrected chi connectivity index (χ0v) is 17.6. The van der Waals surface area contributed by atoms with Crippen molar-refractivity contribution in [2.45, 2.75) is 13.0 Å². The van der Waals surface area contributed by atoms with E-state index in [9.17, 15) is 14.4 Å². The summed E-state index contributed by atoms with van der Waals surface area (Å²) in [5, 5.41) is 0. The predicted molar refractivity (Wildman–Crippen MR) is 120 cm³/mol. The summed E-state index contributed by atoms with van der Waals surface area (Å²) in [7, 11) is 1.48. The van der Waals surface area contributed by atoms with Crippen molar-refractivity contribution in [1.29, 1.82) is 0 Å². The number of methoxy groups -OCH3 is 1. The minimum atomic E-state index is -1.09. The van der Waals surface area contributed by atoms with E-state index >= 15 is 0 Å². The van der Waals surface area contributed by atoms with Crippen LogP contribution in [0.1, 0.15) is 38.8 Å². The Hall–Kier alpha value is -4.19. The highest BCUT2D eigenvalue weighted by atomic mass is 16.6. The van der Waals surface area contributed by atoms with E-state index in [1.807, 2.05) is 42.5 Å². The van der Waals surface area contributed by atoms with Gasteiger partial charge < -0.3 is 9.47 Å². The maximum atomic E-state index is 12.8. The first-order valence-electron chi connectivity index (χ1n) is 10.1. The van der Waals surface area contributed by atoms with Gasteiger partial charge in [0.05, 0.1) is 18.2 Å². The summed E-state index contributed by atoms with van der Waals surface area (Å²) in [6.45, 7) is 1.47. The Morgan fingerprint density at radius 3 is 2.03 bits per heavy atom. The topological polar surface area (TPSA) is 72.9 Å². The SMILES string of the molecule is COc1cc(/C=C/c2ccccc2)ccc1OC(=O)C(C)N1C(=O)c2ccccc2C1=O. The maximum Gasteiger partial charge on any atom is 0.334 e. The van der Waals surface area contributed by atoms with Gasteiger partial charge in [0.2, 0.25) is 0 Å². The zero-order chi connectivity index (χ0) is 22.7. The molecule has 0 saturated carbocycles. The normalized spacial score (nSPS) is 13.9. The van der Waals surface area contributed by atoms with Crippen LogP contribution in [-0.4, -0.2) is 35.8 Å². The van der Waals surface area contributed by atoms with Crippen molar-refractivity contribution in [3.05, 3.63) is 95.1 Å². The molecule has 2 amide bonds. The summed E-state index contributed by atoms with van der Waals surface area (Å²) in [5.41, 5.74) is 2.48. The van der Waals surface area contributed by atoms with E-state index in [0.29, 0.717) is 5.75 Å². The summed E-state index contributed by atoms with van der Waals surface area (Å²) in [6, 6.07) is 20.4. The van der Waals surface area contributed by atoms with E-state index in [1.54, 1.807) is 42.5 Å². The molecule has 1 aliphatic heterocycles. The smallest absolute Gasteiger partial charge is 0.334 e. The third-order valence-electron chi connectivity index (χ3n) is 5.22. The molecule has 1 atom stereocenters. The van der Waals surface area contributed by atoms with E-state index in [1.165, 1.54) is 14.0 Å². The number of carbonyl (C=O) groups excluding carboxylic acids is 3. The van der Waals surface area contributed by atoms with Crippen LogP contribution in [-0.2, 0) is 4.79 Å². The molecule has 3 aromatic rings. The molecule has 0 saturated heterocycles. The molecule has 1 aliphatic rings. The molecule has 160 valence electrons. The summed E-state index contributed by atoms with van der Waals surface area (Å²) in [6.07, 6.45) is 3.88. The minimum absolute atomic E-state index is 0.206. The van der Waals surface area contributed by atoms with Crippen molar-refractivity contribution in [2.24, 2.45) is 0 Å². The van der Waals surface area contributed by atoms with Gasteiger partial charge >= 0.3 is 5.97 Å². The molecule has 0 aromatic heterocycles. The monoisotopic (exact) mass is 427 g/mol. The van der Waals surface area contributed by atoms with Crippen LogP contribution in [0.5, 0.6) is 11.5 Å². The van der Waals surface area contributed by atoms with Crippen molar-refractivity contribution in [1.82, 2.24) is 4.90 Å². The number of fused-ring (bicyclic) bond motifs is 1. The molecule has 6 nitrogen and oxygen atoms in total. The van der Waals surface area contributed by atoms with E-state index in [4.69, 9.17) is 9.47 Å². The molecule has 1 heterocycles. The summed E-state index contributed by atoms with van der Waals surface area (Å²) in [5.74, 6) is -1.18. The van der Waals surface area contributed by atoms with E-state index in [-0.39, 0.29) is 16.9 Å². The van der Waals surface area contributed by atoms with Gasteiger partial charge in [0, 0.05) is 0 Å². The van der Waals surface area contributed by atoms with Gasteiger partial charge in [-0.2, -0.15) is 0 Å². The largest absolute Gasteiger partial charge is 0.493 e. The Morgan fingerprint density at radius 1 is 0.812 bits per heavy atom. The highest BCUT2D eigenvalue weighted by molar-refractivity contribution is 6.22. The molecule has 1 unspecified atom stereocenters. The Bertz CT molecular complexity index is 1180. The van der Waals surface area contributed by atoms with Crippen molar-refractivity contribution < 1.29 is 23.9 Å². The molecule has 6 heteroatoms. The van der Waals surface area contributed by atoms with Crippen LogP contribution >= 0.6 is 0 Å². The second-order valence-corrected chi connectivity index (χ2v) is 7.28. The fraction of sp³-hybridized carbons (Fsp3) is 0.115. The number of benzene rings is 3. The van der Waals surface area contributed by atoms with Gasteiger partial charge in [-0.05, 0) is 42.3 Å². The zero-order valence-electron chi connectivity index (χ0n) is 17.6.